The first kappa shape index (κ1) is 21.2. The molecule has 0 aliphatic heterocycles. The number of rotatable bonds is 6. The van der Waals surface area contributed by atoms with E-state index in [1.165, 1.54) is 5.56 Å². The predicted molar refractivity (Wildman–Crippen MR) is 124 cm³/mol. The van der Waals surface area contributed by atoms with Gasteiger partial charge in [0.2, 0.25) is 5.88 Å². The third-order valence-electron chi connectivity index (χ3n) is 6.36. The van der Waals surface area contributed by atoms with Crippen molar-refractivity contribution >= 4 is 0 Å². The van der Waals surface area contributed by atoms with Crippen LogP contribution < -0.4 is 4.74 Å². The molecule has 7 heteroatoms. The minimum atomic E-state index is -0.147. The van der Waals surface area contributed by atoms with Gasteiger partial charge in [-0.15, -0.1) is 5.10 Å². The number of halogens is 1. The van der Waals surface area contributed by atoms with E-state index < -0.39 is 0 Å². The van der Waals surface area contributed by atoms with Gasteiger partial charge in [-0.2, -0.15) is 5.10 Å². The molecular weight excluding hydrogens is 417 g/mol. The molecule has 0 bridgehead atoms. The van der Waals surface area contributed by atoms with Crippen LogP contribution in [-0.2, 0) is 6.42 Å². The van der Waals surface area contributed by atoms with Crippen LogP contribution in [0.15, 0.2) is 48.9 Å². The standard InChI is InChI=1S/C26H26FN5O/c1-15-9-18(5-6-21(15)27)20-11-19(20)12-23-16(2)10-24(31-30-23)22-7-8-25(26(29-22)33-4)32-13-17(3)28-14-32/h5-10,13-14,19-20H,11-12H2,1-4H3/t19-,20-/m0/s1. The van der Waals surface area contributed by atoms with Gasteiger partial charge in [-0.1, -0.05) is 12.1 Å². The largest absolute Gasteiger partial charge is 0.479 e. The van der Waals surface area contributed by atoms with E-state index in [1.54, 1.807) is 19.5 Å². The molecule has 1 fully saturated rings. The average Bonchev–Trinajstić information content (AvgIpc) is 3.45. The quantitative estimate of drug-likeness (QED) is 0.413. The number of aromatic nitrogens is 5. The summed E-state index contributed by atoms with van der Waals surface area (Å²) in [6, 6.07) is 11.3. The van der Waals surface area contributed by atoms with Crippen molar-refractivity contribution in [2.45, 2.75) is 39.5 Å². The molecule has 0 saturated heterocycles. The molecule has 1 aliphatic carbocycles. The zero-order valence-corrected chi connectivity index (χ0v) is 19.2. The summed E-state index contributed by atoms with van der Waals surface area (Å²) in [5.41, 5.74) is 7.18. The third-order valence-corrected chi connectivity index (χ3v) is 6.36. The summed E-state index contributed by atoms with van der Waals surface area (Å²) in [4.78, 5) is 8.93. The van der Waals surface area contributed by atoms with Gasteiger partial charge in [-0.05, 0) is 86.4 Å². The van der Waals surface area contributed by atoms with Gasteiger partial charge in [0.25, 0.3) is 0 Å². The fourth-order valence-electron chi connectivity index (χ4n) is 4.34. The Morgan fingerprint density at radius 2 is 1.88 bits per heavy atom. The lowest BCUT2D eigenvalue weighted by atomic mass is 10.0. The predicted octanol–water partition coefficient (Wildman–Crippen LogP) is 5.14. The zero-order valence-electron chi connectivity index (χ0n) is 19.2. The summed E-state index contributed by atoms with van der Waals surface area (Å²) in [6.45, 7) is 5.82. The van der Waals surface area contributed by atoms with E-state index in [0.717, 1.165) is 35.5 Å². The molecule has 1 aliphatic rings. The lowest BCUT2D eigenvalue weighted by molar-refractivity contribution is 0.396. The monoisotopic (exact) mass is 443 g/mol. The molecule has 1 aromatic carbocycles. The highest BCUT2D eigenvalue weighted by Crippen LogP contribution is 2.49. The Kier molecular flexibility index (Phi) is 5.40. The van der Waals surface area contributed by atoms with Gasteiger partial charge in [-0.25, -0.2) is 14.4 Å². The van der Waals surface area contributed by atoms with Crippen molar-refractivity contribution in [3.63, 3.8) is 0 Å². The summed E-state index contributed by atoms with van der Waals surface area (Å²) in [5.74, 6) is 1.34. The Morgan fingerprint density at radius 3 is 2.58 bits per heavy atom. The molecule has 5 rings (SSSR count). The number of imidazole rings is 1. The minimum absolute atomic E-state index is 0.147. The first-order chi connectivity index (χ1) is 15.9. The van der Waals surface area contributed by atoms with Crippen molar-refractivity contribution in [1.29, 1.82) is 0 Å². The van der Waals surface area contributed by atoms with Gasteiger partial charge >= 0.3 is 0 Å². The Hall–Kier alpha value is -3.61. The second-order valence-electron chi connectivity index (χ2n) is 8.82. The van der Waals surface area contributed by atoms with Gasteiger partial charge in [-0.3, -0.25) is 0 Å². The molecule has 168 valence electrons. The van der Waals surface area contributed by atoms with Crippen LogP contribution in [-0.4, -0.2) is 31.8 Å². The highest BCUT2D eigenvalue weighted by Gasteiger charge is 2.39. The molecule has 0 unspecified atom stereocenters. The van der Waals surface area contributed by atoms with Gasteiger partial charge in [0.1, 0.15) is 17.2 Å². The van der Waals surface area contributed by atoms with E-state index in [9.17, 15) is 4.39 Å². The maximum atomic E-state index is 13.6. The fraction of sp³-hybridized carbons (Fsp3) is 0.308. The van der Waals surface area contributed by atoms with Crippen LogP contribution in [0.1, 0.15) is 40.4 Å². The van der Waals surface area contributed by atoms with Crippen LogP contribution in [0.2, 0.25) is 0 Å². The number of pyridine rings is 1. The summed E-state index contributed by atoms with van der Waals surface area (Å²) in [7, 11) is 1.61. The average molecular weight is 444 g/mol. The Labute approximate surface area is 192 Å². The molecule has 0 N–H and O–H groups in total. The molecule has 0 amide bonds. The summed E-state index contributed by atoms with van der Waals surface area (Å²) >= 11 is 0. The lowest BCUT2D eigenvalue weighted by Gasteiger charge is -2.11. The molecule has 0 radical (unpaired) electrons. The highest BCUT2D eigenvalue weighted by molar-refractivity contribution is 5.59. The van der Waals surface area contributed by atoms with Gasteiger partial charge in [0.15, 0.2) is 0 Å². The molecule has 3 aromatic heterocycles. The zero-order chi connectivity index (χ0) is 23.1. The van der Waals surface area contributed by atoms with Crippen LogP contribution in [0.25, 0.3) is 17.1 Å². The van der Waals surface area contributed by atoms with Crippen molar-refractivity contribution < 1.29 is 9.13 Å². The molecule has 2 atom stereocenters. The Morgan fingerprint density at radius 1 is 1.03 bits per heavy atom. The number of nitrogens with zero attached hydrogens (tertiary/aromatic N) is 5. The maximum absolute atomic E-state index is 13.6. The minimum Gasteiger partial charge on any atom is -0.479 e. The van der Waals surface area contributed by atoms with Crippen LogP contribution in [0, 0.1) is 32.5 Å². The summed E-state index contributed by atoms with van der Waals surface area (Å²) in [5, 5.41) is 8.99. The number of aryl methyl sites for hydroxylation is 3. The molecule has 0 spiro atoms. The van der Waals surface area contributed by atoms with E-state index in [4.69, 9.17) is 4.74 Å². The molecule has 3 heterocycles. The number of benzene rings is 1. The fourth-order valence-corrected chi connectivity index (χ4v) is 4.34. The number of methoxy groups -OCH3 is 1. The Bertz CT molecular complexity index is 1330. The van der Waals surface area contributed by atoms with Crippen LogP contribution in [0.3, 0.4) is 0 Å². The number of hydrogen-bond donors (Lipinski definition) is 0. The molecule has 1 saturated carbocycles. The number of hydrogen-bond acceptors (Lipinski definition) is 5. The van der Waals surface area contributed by atoms with E-state index in [-0.39, 0.29) is 5.82 Å². The van der Waals surface area contributed by atoms with E-state index >= 15 is 0 Å². The maximum Gasteiger partial charge on any atom is 0.238 e. The van der Waals surface area contributed by atoms with Crippen molar-refractivity contribution in [2.75, 3.05) is 7.11 Å². The van der Waals surface area contributed by atoms with Crippen molar-refractivity contribution in [3.8, 4) is 23.0 Å². The van der Waals surface area contributed by atoms with Crippen molar-refractivity contribution in [3.05, 3.63) is 82.8 Å². The highest BCUT2D eigenvalue weighted by atomic mass is 19.1. The topological polar surface area (TPSA) is 65.7 Å². The van der Waals surface area contributed by atoms with Gasteiger partial charge in [0.05, 0.1) is 30.5 Å². The molecule has 4 aromatic rings. The Balaban J connectivity index is 1.33. The van der Waals surface area contributed by atoms with E-state index in [1.807, 2.05) is 54.9 Å². The summed E-state index contributed by atoms with van der Waals surface area (Å²) < 4.78 is 21.0. The van der Waals surface area contributed by atoms with Gasteiger partial charge < -0.3 is 9.30 Å². The smallest absolute Gasteiger partial charge is 0.238 e. The van der Waals surface area contributed by atoms with Crippen LogP contribution in [0.5, 0.6) is 5.88 Å². The first-order valence-corrected chi connectivity index (χ1v) is 11.1. The van der Waals surface area contributed by atoms with Crippen molar-refractivity contribution in [1.82, 2.24) is 24.7 Å². The summed E-state index contributed by atoms with van der Waals surface area (Å²) in [6.07, 6.45) is 5.64. The van der Waals surface area contributed by atoms with Crippen LogP contribution >= 0.6 is 0 Å². The normalized spacial score (nSPS) is 17.2. The second kappa shape index (κ2) is 8.39. The molecule has 6 nitrogen and oxygen atoms in total. The van der Waals surface area contributed by atoms with E-state index in [2.05, 4.69) is 27.1 Å². The third kappa shape index (κ3) is 4.23. The van der Waals surface area contributed by atoms with E-state index in [0.29, 0.717) is 34.7 Å². The number of ether oxygens (including phenoxy) is 1. The molecule has 33 heavy (non-hydrogen) atoms. The van der Waals surface area contributed by atoms with Crippen molar-refractivity contribution in [2.24, 2.45) is 5.92 Å². The van der Waals surface area contributed by atoms with Crippen LogP contribution in [0.4, 0.5) is 4.39 Å². The first-order valence-electron chi connectivity index (χ1n) is 11.1. The second-order valence-corrected chi connectivity index (χ2v) is 8.82. The SMILES string of the molecule is COc1nc(-c2cc(C)c(C[C@@H]3C[C@H]3c3ccc(F)c(C)c3)nn2)ccc1-n1cnc(C)c1. The molecular formula is C26H26FN5O. The lowest BCUT2D eigenvalue weighted by Crippen LogP contribution is -2.03. The van der Waals surface area contributed by atoms with Gasteiger partial charge in [0, 0.05) is 6.20 Å².